The Bertz CT molecular complexity index is 1160. The number of hydrogen-bond acceptors (Lipinski definition) is 6. The molecule has 3 rings (SSSR count). The number of sulfonamides is 1. The molecule has 0 aliphatic rings. The summed E-state index contributed by atoms with van der Waals surface area (Å²) in [5, 5.41) is 0.318. The third kappa shape index (κ3) is 5.03. The molecule has 0 amide bonds. The molecule has 0 aromatic heterocycles. The van der Waals surface area contributed by atoms with Gasteiger partial charge in [0.15, 0.2) is 5.75 Å². The maximum Gasteiger partial charge on any atom is 0.337 e. The summed E-state index contributed by atoms with van der Waals surface area (Å²) in [7, 11) is -1.26. The summed E-state index contributed by atoms with van der Waals surface area (Å²) in [4.78, 5) is 11.6. The Morgan fingerprint density at radius 3 is 2.30 bits per heavy atom. The lowest BCUT2D eigenvalue weighted by molar-refractivity contribution is 0.0600. The smallest absolute Gasteiger partial charge is 0.337 e. The van der Waals surface area contributed by atoms with Gasteiger partial charge in [0.2, 0.25) is 0 Å². The van der Waals surface area contributed by atoms with Gasteiger partial charge in [0, 0.05) is 5.02 Å². The van der Waals surface area contributed by atoms with Crippen LogP contribution in [0.1, 0.15) is 10.4 Å². The molecule has 30 heavy (non-hydrogen) atoms. The molecule has 3 aromatic rings. The van der Waals surface area contributed by atoms with E-state index in [1.165, 1.54) is 37.4 Å². The van der Waals surface area contributed by atoms with Crippen molar-refractivity contribution in [1.82, 2.24) is 0 Å². The van der Waals surface area contributed by atoms with Crippen molar-refractivity contribution in [3.8, 4) is 17.2 Å². The van der Waals surface area contributed by atoms with Crippen molar-refractivity contribution in [2.24, 2.45) is 0 Å². The number of rotatable bonds is 7. The number of carbonyl (C=O) groups excluding carboxylic acids is 1. The lowest BCUT2D eigenvalue weighted by Crippen LogP contribution is -2.14. The molecular weight excluding hydrogens is 430 g/mol. The monoisotopic (exact) mass is 447 g/mol. The van der Waals surface area contributed by atoms with Crippen LogP contribution >= 0.6 is 11.6 Å². The van der Waals surface area contributed by atoms with Crippen molar-refractivity contribution in [3.05, 3.63) is 77.3 Å². The SMILES string of the molecule is COC(=O)c1cccc(S(=O)(=O)Nc2cc(Cl)ccc2Oc2ccc(OC)cc2)c1. The highest BCUT2D eigenvalue weighted by Crippen LogP contribution is 2.34. The van der Waals surface area contributed by atoms with Crippen LogP contribution in [-0.4, -0.2) is 28.6 Å². The van der Waals surface area contributed by atoms with Crippen LogP contribution < -0.4 is 14.2 Å². The van der Waals surface area contributed by atoms with Gasteiger partial charge in [-0.05, 0) is 60.7 Å². The number of hydrogen-bond donors (Lipinski definition) is 1. The quantitative estimate of drug-likeness (QED) is 0.526. The molecular formula is C21H18ClNO6S. The minimum Gasteiger partial charge on any atom is -0.497 e. The predicted molar refractivity (Wildman–Crippen MR) is 113 cm³/mol. The fourth-order valence-electron chi connectivity index (χ4n) is 2.55. The van der Waals surface area contributed by atoms with Gasteiger partial charge in [0.25, 0.3) is 10.0 Å². The van der Waals surface area contributed by atoms with Crippen molar-refractivity contribution in [2.75, 3.05) is 18.9 Å². The second-order valence-electron chi connectivity index (χ2n) is 6.04. The molecule has 0 unspecified atom stereocenters. The zero-order valence-electron chi connectivity index (χ0n) is 16.1. The summed E-state index contributed by atoms with van der Waals surface area (Å²) in [6.07, 6.45) is 0. The van der Waals surface area contributed by atoms with Gasteiger partial charge in [-0.2, -0.15) is 0 Å². The Balaban J connectivity index is 1.91. The molecule has 0 atom stereocenters. The topological polar surface area (TPSA) is 90.9 Å². The van der Waals surface area contributed by atoms with Crippen molar-refractivity contribution >= 4 is 33.3 Å². The minimum absolute atomic E-state index is 0.110. The third-order valence-corrected chi connectivity index (χ3v) is 5.64. The average molecular weight is 448 g/mol. The number of nitrogens with one attached hydrogen (secondary N) is 1. The molecule has 0 saturated heterocycles. The Morgan fingerprint density at radius 1 is 0.933 bits per heavy atom. The molecule has 0 radical (unpaired) electrons. The van der Waals surface area contributed by atoms with Gasteiger partial charge in [-0.25, -0.2) is 13.2 Å². The standard InChI is InChI=1S/C21H18ClNO6S/c1-27-16-7-9-17(10-8-16)29-20-11-6-15(22)13-19(20)23-30(25,26)18-5-3-4-14(12-18)21(24)28-2/h3-13,23H,1-2H3. The van der Waals surface area contributed by atoms with Crippen LogP contribution in [0.15, 0.2) is 71.6 Å². The van der Waals surface area contributed by atoms with Gasteiger partial charge in [-0.1, -0.05) is 17.7 Å². The first kappa shape index (κ1) is 21.5. The van der Waals surface area contributed by atoms with Gasteiger partial charge in [0.05, 0.1) is 30.4 Å². The Kier molecular flexibility index (Phi) is 6.49. The lowest BCUT2D eigenvalue weighted by Gasteiger charge is -2.14. The molecule has 1 N–H and O–H groups in total. The minimum atomic E-state index is -4.04. The summed E-state index contributed by atoms with van der Waals surface area (Å²) in [5.74, 6) is 0.742. The molecule has 0 aliphatic heterocycles. The van der Waals surface area contributed by atoms with E-state index in [4.69, 9.17) is 21.1 Å². The highest BCUT2D eigenvalue weighted by molar-refractivity contribution is 7.92. The molecule has 0 saturated carbocycles. The third-order valence-electron chi connectivity index (χ3n) is 4.04. The fraction of sp³-hybridized carbons (Fsp3) is 0.0952. The molecule has 7 nitrogen and oxygen atoms in total. The van der Waals surface area contributed by atoms with E-state index >= 15 is 0 Å². The van der Waals surface area contributed by atoms with E-state index in [1.54, 1.807) is 43.5 Å². The average Bonchev–Trinajstić information content (AvgIpc) is 2.75. The molecule has 0 bridgehead atoms. The highest BCUT2D eigenvalue weighted by Gasteiger charge is 2.19. The lowest BCUT2D eigenvalue weighted by atomic mass is 10.2. The number of esters is 1. The zero-order chi connectivity index (χ0) is 21.7. The van der Waals surface area contributed by atoms with Gasteiger partial charge in [0.1, 0.15) is 11.5 Å². The summed E-state index contributed by atoms with van der Waals surface area (Å²) >= 11 is 6.05. The van der Waals surface area contributed by atoms with E-state index in [1.807, 2.05) is 0 Å². The van der Waals surface area contributed by atoms with Gasteiger partial charge in [-0.3, -0.25) is 4.72 Å². The van der Waals surface area contributed by atoms with E-state index in [0.717, 1.165) is 0 Å². The number of anilines is 1. The first-order valence-electron chi connectivity index (χ1n) is 8.65. The predicted octanol–water partition coefficient (Wildman–Crippen LogP) is 4.73. The van der Waals surface area contributed by atoms with Crippen LogP contribution in [0.4, 0.5) is 5.69 Å². The molecule has 0 spiro atoms. The maximum atomic E-state index is 12.9. The van der Waals surface area contributed by atoms with E-state index < -0.39 is 16.0 Å². The largest absolute Gasteiger partial charge is 0.497 e. The molecule has 156 valence electrons. The molecule has 0 aliphatic carbocycles. The van der Waals surface area contributed by atoms with Crippen molar-refractivity contribution in [1.29, 1.82) is 0 Å². The summed E-state index contributed by atoms with van der Waals surface area (Å²) in [6, 6.07) is 16.9. The van der Waals surface area contributed by atoms with E-state index in [-0.39, 0.29) is 21.9 Å². The van der Waals surface area contributed by atoms with Gasteiger partial charge < -0.3 is 14.2 Å². The second kappa shape index (κ2) is 9.06. The number of methoxy groups -OCH3 is 2. The maximum absolute atomic E-state index is 12.9. The summed E-state index contributed by atoms with van der Waals surface area (Å²) < 4.78 is 43.8. The van der Waals surface area contributed by atoms with Crippen LogP contribution in [0.5, 0.6) is 17.2 Å². The molecule has 0 heterocycles. The van der Waals surface area contributed by atoms with Crippen LogP contribution in [0.25, 0.3) is 0 Å². The van der Waals surface area contributed by atoms with Crippen LogP contribution in [0, 0.1) is 0 Å². The van der Waals surface area contributed by atoms with Crippen molar-refractivity contribution in [3.63, 3.8) is 0 Å². The van der Waals surface area contributed by atoms with Crippen LogP contribution in [-0.2, 0) is 14.8 Å². The molecule has 0 fully saturated rings. The summed E-state index contributed by atoms with van der Waals surface area (Å²) in [6.45, 7) is 0. The Labute approximate surface area is 179 Å². The van der Waals surface area contributed by atoms with Crippen LogP contribution in [0.3, 0.4) is 0 Å². The zero-order valence-corrected chi connectivity index (χ0v) is 17.7. The van der Waals surface area contributed by atoms with Gasteiger partial charge in [-0.15, -0.1) is 0 Å². The number of carbonyl (C=O) groups is 1. The molecule has 9 heteroatoms. The Hall–Kier alpha value is -3.23. The van der Waals surface area contributed by atoms with E-state index in [9.17, 15) is 13.2 Å². The normalized spacial score (nSPS) is 10.9. The highest BCUT2D eigenvalue weighted by atomic mass is 35.5. The molecule has 3 aromatic carbocycles. The van der Waals surface area contributed by atoms with Crippen molar-refractivity contribution in [2.45, 2.75) is 4.90 Å². The number of ether oxygens (including phenoxy) is 3. The van der Waals surface area contributed by atoms with Crippen LogP contribution in [0.2, 0.25) is 5.02 Å². The first-order valence-corrected chi connectivity index (χ1v) is 10.5. The number of benzene rings is 3. The van der Waals surface area contributed by atoms with E-state index in [2.05, 4.69) is 9.46 Å². The fourth-order valence-corrected chi connectivity index (χ4v) is 3.83. The van der Waals surface area contributed by atoms with Crippen molar-refractivity contribution < 1.29 is 27.4 Å². The second-order valence-corrected chi connectivity index (χ2v) is 8.16. The summed E-state index contributed by atoms with van der Waals surface area (Å²) in [5.41, 5.74) is 0.253. The van der Waals surface area contributed by atoms with E-state index in [0.29, 0.717) is 16.5 Å². The first-order chi connectivity index (χ1) is 14.3. The Morgan fingerprint density at radius 2 is 1.63 bits per heavy atom. The number of halogens is 1. The van der Waals surface area contributed by atoms with Gasteiger partial charge >= 0.3 is 5.97 Å².